The number of rotatable bonds is 4. The molecule has 1 aromatic heterocycles. The van der Waals surface area contributed by atoms with Crippen LogP contribution in [-0.4, -0.2) is 30.5 Å². The van der Waals surface area contributed by atoms with Gasteiger partial charge < -0.3 is 5.32 Å². The number of fused-ring (bicyclic) bond motifs is 1. The Morgan fingerprint density at radius 3 is 2.68 bits per heavy atom. The lowest BCUT2D eigenvalue weighted by Crippen LogP contribution is -2.35. The first-order valence-electron chi connectivity index (χ1n) is 9.27. The maximum absolute atomic E-state index is 11.9. The van der Waals surface area contributed by atoms with E-state index < -0.39 is 10.0 Å². The third kappa shape index (κ3) is 3.79. The van der Waals surface area contributed by atoms with E-state index >= 15 is 0 Å². The molecule has 0 spiro atoms. The monoisotopic (exact) mass is 393 g/mol. The van der Waals surface area contributed by atoms with Gasteiger partial charge in [0.15, 0.2) is 0 Å². The van der Waals surface area contributed by atoms with E-state index in [1.807, 2.05) is 30.3 Å². The van der Waals surface area contributed by atoms with Crippen LogP contribution < -0.4 is 5.32 Å². The molecule has 28 heavy (non-hydrogen) atoms. The van der Waals surface area contributed by atoms with E-state index in [2.05, 4.69) is 41.5 Å². The number of aryl methyl sites for hydroxylation is 1. The van der Waals surface area contributed by atoms with E-state index in [9.17, 15) is 8.42 Å². The molecule has 1 aliphatic heterocycles. The third-order valence-electron chi connectivity index (χ3n) is 5.16. The average molecular weight is 394 g/mol. The minimum Gasteiger partial charge on any atom is -0.355 e. The fourth-order valence-corrected chi connectivity index (χ4v) is 4.43. The second kappa shape index (κ2) is 7.37. The molecule has 3 aromatic rings. The first kappa shape index (κ1) is 18.7. The van der Waals surface area contributed by atoms with Gasteiger partial charge in [-0.2, -0.15) is 4.31 Å². The molecule has 1 N–H and O–H groups in total. The molecule has 0 radical (unpaired) electrons. The van der Waals surface area contributed by atoms with Gasteiger partial charge in [-0.05, 0) is 60.4 Å². The lowest BCUT2D eigenvalue weighted by Gasteiger charge is -2.28. The summed E-state index contributed by atoms with van der Waals surface area (Å²) in [4.78, 5) is 4.47. The smallest absolute Gasteiger partial charge is 0.211 e. The van der Waals surface area contributed by atoms with Crippen molar-refractivity contribution >= 4 is 21.4 Å². The number of benzene rings is 2. The predicted octanol–water partition coefficient (Wildman–Crippen LogP) is 4.12. The second-order valence-corrected chi connectivity index (χ2v) is 9.14. The summed E-state index contributed by atoms with van der Waals surface area (Å²) in [6.45, 7) is 3.02. The summed E-state index contributed by atoms with van der Waals surface area (Å²) >= 11 is 0. The molecule has 0 fully saturated rings. The summed E-state index contributed by atoms with van der Waals surface area (Å²) in [5, 5.41) is 3.53. The molecule has 0 atom stereocenters. The average Bonchev–Trinajstić information content (AvgIpc) is 2.69. The number of hydrogen-bond donors (Lipinski definition) is 1. The number of aromatic nitrogens is 1. The number of nitrogens with zero attached hydrogens (tertiary/aromatic N) is 2. The Morgan fingerprint density at radius 1 is 1.07 bits per heavy atom. The van der Waals surface area contributed by atoms with Crippen LogP contribution in [0.4, 0.5) is 11.4 Å². The summed E-state index contributed by atoms with van der Waals surface area (Å²) in [7, 11) is -3.18. The Labute approximate surface area is 166 Å². The Morgan fingerprint density at radius 2 is 1.93 bits per heavy atom. The Balaban J connectivity index is 1.65. The lowest BCUT2D eigenvalue weighted by molar-refractivity contribution is 0.395. The topological polar surface area (TPSA) is 62.3 Å². The van der Waals surface area contributed by atoms with Crippen LogP contribution in [0.2, 0.25) is 0 Å². The van der Waals surface area contributed by atoms with Gasteiger partial charge in [-0.3, -0.25) is 4.98 Å². The molecule has 0 unspecified atom stereocenters. The van der Waals surface area contributed by atoms with Gasteiger partial charge in [0.25, 0.3) is 0 Å². The summed E-state index contributed by atoms with van der Waals surface area (Å²) in [5.41, 5.74) is 7.47. The Kier molecular flexibility index (Phi) is 4.91. The van der Waals surface area contributed by atoms with Crippen LogP contribution in [0.15, 0.2) is 60.8 Å². The number of sulfonamides is 1. The maximum Gasteiger partial charge on any atom is 0.211 e. The minimum absolute atomic E-state index is 0.427. The van der Waals surface area contributed by atoms with Gasteiger partial charge in [-0.1, -0.05) is 24.3 Å². The SMILES string of the molecule is Cc1ccc(Nc2cccc3c2CCN(S(C)(=O)=O)C3)cc1-c1ccccn1. The van der Waals surface area contributed by atoms with Crippen LogP contribution in [0.3, 0.4) is 0 Å². The van der Waals surface area contributed by atoms with Gasteiger partial charge >= 0.3 is 0 Å². The van der Waals surface area contributed by atoms with Gasteiger partial charge in [0.05, 0.1) is 11.9 Å². The molecule has 2 aromatic carbocycles. The zero-order chi connectivity index (χ0) is 19.7. The number of nitrogens with one attached hydrogen (secondary N) is 1. The zero-order valence-corrected chi connectivity index (χ0v) is 16.8. The second-order valence-electron chi connectivity index (χ2n) is 7.16. The van der Waals surface area contributed by atoms with Crippen LogP contribution in [-0.2, 0) is 23.0 Å². The van der Waals surface area contributed by atoms with Crippen molar-refractivity contribution in [3.8, 4) is 11.3 Å². The van der Waals surface area contributed by atoms with Gasteiger partial charge in [-0.15, -0.1) is 0 Å². The zero-order valence-electron chi connectivity index (χ0n) is 16.0. The van der Waals surface area contributed by atoms with Crippen molar-refractivity contribution in [2.24, 2.45) is 0 Å². The summed E-state index contributed by atoms with van der Waals surface area (Å²) < 4.78 is 25.3. The maximum atomic E-state index is 11.9. The van der Waals surface area contributed by atoms with Crippen LogP contribution in [0.1, 0.15) is 16.7 Å². The first-order valence-corrected chi connectivity index (χ1v) is 11.1. The van der Waals surface area contributed by atoms with Crippen molar-refractivity contribution < 1.29 is 8.42 Å². The molecule has 0 aliphatic carbocycles. The first-order chi connectivity index (χ1) is 13.4. The molecule has 1 aliphatic rings. The third-order valence-corrected chi connectivity index (χ3v) is 6.41. The Hall–Kier alpha value is -2.70. The van der Waals surface area contributed by atoms with Crippen LogP contribution >= 0.6 is 0 Å². The van der Waals surface area contributed by atoms with E-state index in [1.54, 1.807) is 6.20 Å². The largest absolute Gasteiger partial charge is 0.355 e. The summed E-state index contributed by atoms with van der Waals surface area (Å²) in [6.07, 6.45) is 3.77. The fraction of sp³-hybridized carbons (Fsp3) is 0.227. The van der Waals surface area contributed by atoms with E-state index in [4.69, 9.17) is 0 Å². The van der Waals surface area contributed by atoms with Crippen LogP contribution in [0.25, 0.3) is 11.3 Å². The van der Waals surface area contributed by atoms with Crippen molar-refractivity contribution in [2.75, 3.05) is 18.1 Å². The van der Waals surface area contributed by atoms with Crippen molar-refractivity contribution in [3.05, 3.63) is 77.5 Å². The molecule has 4 rings (SSSR count). The number of pyridine rings is 1. The van der Waals surface area contributed by atoms with E-state index in [-0.39, 0.29) is 0 Å². The van der Waals surface area contributed by atoms with Crippen molar-refractivity contribution in [3.63, 3.8) is 0 Å². The summed E-state index contributed by atoms with van der Waals surface area (Å²) in [6, 6.07) is 18.2. The van der Waals surface area contributed by atoms with Crippen LogP contribution in [0, 0.1) is 6.92 Å². The predicted molar refractivity (Wildman–Crippen MR) is 113 cm³/mol. The van der Waals surface area contributed by atoms with Gasteiger partial charge in [0.1, 0.15) is 0 Å². The molecule has 0 bridgehead atoms. The standard InChI is InChI=1S/C22H23N3O2S/c1-16-9-10-18(14-20(16)21-7-3-4-12-23-21)24-22-8-5-6-17-15-25(28(2,26)27)13-11-19(17)22/h3-10,12,14,24H,11,13,15H2,1-2H3. The molecule has 6 heteroatoms. The summed E-state index contributed by atoms with van der Waals surface area (Å²) in [5.74, 6) is 0. The lowest BCUT2D eigenvalue weighted by atomic mass is 9.98. The highest BCUT2D eigenvalue weighted by Gasteiger charge is 2.24. The highest BCUT2D eigenvalue weighted by atomic mass is 32.2. The normalized spacial score (nSPS) is 14.5. The molecule has 2 heterocycles. The Bertz CT molecular complexity index is 1110. The molecular formula is C22H23N3O2S. The van der Waals surface area contributed by atoms with E-state index in [0.29, 0.717) is 19.5 Å². The quantitative estimate of drug-likeness (QED) is 0.724. The number of hydrogen-bond acceptors (Lipinski definition) is 4. The fourth-order valence-electron chi connectivity index (χ4n) is 3.64. The molecule has 0 saturated carbocycles. The van der Waals surface area contributed by atoms with E-state index in [0.717, 1.165) is 28.2 Å². The molecule has 0 saturated heterocycles. The van der Waals surface area contributed by atoms with Gasteiger partial charge in [-0.25, -0.2) is 8.42 Å². The van der Waals surface area contributed by atoms with Crippen molar-refractivity contribution in [1.29, 1.82) is 0 Å². The highest BCUT2D eigenvalue weighted by Crippen LogP contribution is 2.31. The van der Waals surface area contributed by atoms with Gasteiger partial charge in [0.2, 0.25) is 10.0 Å². The van der Waals surface area contributed by atoms with Crippen LogP contribution in [0.5, 0.6) is 0 Å². The number of anilines is 2. The molecule has 0 amide bonds. The van der Waals surface area contributed by atoms with Crippen molar-refractivity contribution in [2.45, 2.75) is 19.9 Å². The van der Waals surface area contributed by atoms with Crippen molar-refractivity contribution in [1.82, 2.24) is 9.29 Å². The highest BCUT2D eigenvalue weighted by molar-refractivity contribution is 7.88. The molecule has 144 valence electrons. The molecule has 5 nitrogen and oxygen atoms in total. The molecular weight excluding hydrogens is 370 g/mol. The van der Waals surface area contributed by atoms with E-state index in [1.165, 1.54) is 21.7 Å². The van der Waals surface area contributed by atoms with Gasteiger partial charge in [0, 0.05) is 36.2 Å². The minimum atomic E-state index is -3.18.